The van der Waals surface area contributed by atoms with Crippen LogP contribution >= 0.6 is 0 Å². The molecule has 1 heterocycles. The van der Waals surface area contributed by atoms with Crippen LogP contribution in [0.3, 0.4) is 0 Å². The normalized spacial score (nSPS) is 23.5. The average Bonchev–Trinajstić information content (AvgIpc) is 2.62. The third kappa shape index (κ3) is 3.62. The van der Waals surface area contributed by atoms with Gasteiger partial charge in [-0.25, -0.2) is 0 Å². The molecule has 1 saturated heterocycles. The van der Waals surface area contributed by atoms with Crippen molar-refractivity contribution in [3.05, 3.63) is 24.3 Å². The van der Waals surface area contributed by atoms with Crippen molar-refractivity contribution in [2.24, 2.45) is 5.92 Å². The first-order valence-corrected chi connectivity index (χ1v) is 6.72. The molecule has 0 amide bonds. The maximum Gasteiger partial charge on any atom is 0.119 e. The molecule has 1 fully saturated rings. The molecule has 102 valence electrons. The summed E-state index contributed by atoms with van der Waals surface area (Å²) < 4.78 is 5.19. The maximum atomic E-state index is 8.88. The molecule has 1 aliphatic rings. The smallest absolute Gasteiger partial charge is 0.119 e. The Morgan fingerprint density at radius 3 is 2.74 bits per heavy atom. The summed E-state index contributed by atoms with van der Waals surface area (Å²) in [5.74, 6) is 1.45. The highest BCUT2D eigenvalue weighted by Gasteiger charge is 2.21. The van der Waals surface area contributed by atoms with Crippen LogP contribution in [0.25, 0.3) is 0 Å². The van der Waals surface area contributed by atoms with Crippen LogP contribution in [0.15, 0.2) is 24.3 Å². The molecule has 0 aromatic heterocycles. The van der Waals surface area contributed by atoms with Gasteiger partial charge in [-0.1, -0.05) is 6.92 Å². The highest BCUT2D eigenvalue weighted by Crippen LogP contribution is 2.22. The summed E-state index contributed by atoms with van der Waals surface area (Å²) in [6.45, 7) is 5.10. The largest absolute Gasteiger partial charge is 0.497 e. The molecule has 0 radical (unpaired) electrons. The number of nitrogens with one attached hydrogen (secondary N) is 1. The Bertz CT molecular complexity index is 438. The summed E-state index contributed by atoms with van der Waals surface area (Å²) >= 11 is 0. The molecule has 0 aliphatic carbocycles. The molecule has 0 saturated carbocycles. The number of rotatable bonds is 3. The van der Waals surface area contributed by atoms with Gasteiger partial charge < -0.3 is 15.0 Å². The van der Waals surface area contributed by atoms with E-state index in [9.17, 15) is 0 Å². The topological polar surface area (TPSA) is 48.3 Å². The van der Waals surface area contributed by atoms with Gasteiger partial charge in [-0.15, -0.1) is 0 Å². The number of ether oxygens (including phenoxy) is 1. The zero-order chi connectivity index (χ0) is 13.7. The van der Waals surface area contributed by atoms with E-state index in [0.29, 0.717) is 12.3 Å². The maximum absolute atomic E-state index is 8.88. The molecule has 4 nitrogen and oxygen atoms in total. The molecule has 4 heteroatoms. The van der Waals surface area contributed by atoms with Crippen molar-refractivity contribution in [3.63, 3.8) is 0 Å². The average molecular weight is 259 g/mol. The van der Waals surface area contributed by atoms with E-state index in [1.54, 1.807) is 7.11 Å². The van der Waals surface area contributed by atoms with Gasteiger partial charge in [0.1, 0.15) is 5.75 Å². The number of methoxy groups -OCH3 is 1. The van der Waals surface area contributed by atoms with Gasteiger partial charge in [-0.2, -0.15) is 5.26 Å². The van der Waals surface area contributed by atoms with Crippen molar-refractivity contribution in [3.8, 4) is 11.8 Å². The molecule has 0 bridgehead atoms. The lowest BCUT2D eigenvalue weighted by molar-refractivity contribution is 0.415. The Labute approximate surface area is 115 Å². The molecular weight excluding hydrogens is 238 g/mol. The molecule has 0 spiro atoms. The van der Waals surface area contributed by atoms with E-state index in [4.69, 9.17) is 10.00 Å². The Kier molecular flexibility index (Phi) is 4.64. The van der Waals surface area contributed by atoms with Crippen molar-refractivity contribution in [2.75, 3.05) is 31.6 Å². The lowest BCUT2D eigenvalue weighted by Gasteiger charge is -2.26. The minimum Gasteiger partial charge on any atom is -0.497 e. The Morgan fingerprint density at radius 2 is 2.11 bits per heavy atom. The zero-order valence-electron chi connectivity index (χ0n) is 11.6. The van der Waals surface area contributed by atoms with Gasteiger partial charge in [0, 0.05) is 24.8 Å². The third-order valence-electron chi connectivity index (χ3n) is 3.50. The van der Waals surface area contributed by atoms with E-state index < -0.39 is 0 Å². The van der Waals surface area contributed by atoms with Crippen LogP contribution in [0, 0.1) is 17.2 Å². The monoisotopic (exact) mass is 259 g/mol. The summed E-state index contributed by atoms with van der Waals surface area (Å²) in [6, 6.07) is 10.6. The fourth-order valence-electron chi connectivity index (χ4n) is 2.46. The molecule has 2 unspecified atom stereocenters. The number of nitriles is 1. The van der Waals surface area contributed by atoms with Crippen LogP contribution < -0.4 is 15.0 Å². The van der Waals surface area contributed by atoms with E-state index in [2.05, 4.69) is 35.3 Å². The minimum atomic E-state index is 0.247. The van der Waals surface area contributed by atoms with Crippen LogP contribution in [0.5, 0.6) is 5.75 Å². The Hall–Kier alpha value is -1.73. The van der Waals surface area contributed by atoms with Gasteiger partial charge in [-0.05, 0) is 36.7 Å². The first-order chi connectivity index (χ1) is 9.22. The first kappa shape index (κ1) is 13.7. The Balaban J connectivity index is 2.12. The predicted octanol–water partition coefficient (Wildman–Crippen LogP) is 2.02. The molecule has 19 heavy (non-hydrogen) atoms. The van der Waals surface area contributed by atoms with E-state index in [0.717, 1.165) is 25.4 Å². The number of hydrogen-bond donors (Lipinski definition) is 1. The number of benzene rings is 1. The zero-order valence-corrected chi connectivity index (χ0v) is 11.6. The summed E-state index contributed by atoms with van der Waals surface area (Å²) in [7, 11) is 1.68. The molecular formula is C15H21N3O. The predicted molar refractivity (Wildman–Crippen MR) is 76.4 cm³/mol. The standard InChI is InChI=1S/C15H21N3O/c1-12-9-17-13(7-8-16)11-18(10-12)14-3-5-15(19-2)6-4-14/h3-6,12-13,17H,7,9-11H2,1-2H3. The van der Waals surface area contributed by atoms with Gasteiger partial charge >= 0.3 is 0 Å². The minimum absolute atomic E-state index is 0.247. The van der Waals surface area contributed by atoms with Crippen molar-refractivity contribution in [2.45, 2.75) is 19.4 Å². The van der Waals surface area contributed by atoms with Crippen LogP contribution in [0.4, 0.5) is 5.69 Å². The van der Waals surface area contributed by atoms with E-state index in [-0.39, 0.29) is 6.04 Å². The summed E-state index contributed by atoms with van der Waals surface area (Å²) in [6.07, 6.45) is 0.555. The second kappa shape index (κ2) is 6.44. The molecule has 1 aliphatic heterocycles. The molecule has 2 atom stereocenters. The number of anilines is 1. The lowest BCUT2D eigenvalue weighted by Crippen LogP contribution is -2.37. The molecule has 2 rings (SSSR count). The quantitative estimate of drug-likeness (QED) is 0.902. The second-order valence-electron chi connectivity index (χ2n) is 5.18. The fraction of sp³-hybridized carbons (Fsp3) is 0.533. The van der Waals surface area contributed by atoms with Crippen LogP contribution in [-0.2, 0) is 0 Å². The number of hydrogen-bond acceptors (Lipinski definition) is 4. The van der Waals surface area contributed by atoms with E-state index in [1.165, 1.54) is 5.69 Å². The summed E-state index contributed by atoms with van der Waals surface area (Å²) in [5, 5.41) is 12.3. The lowest BCUT2D eigenvalue weighted by atomic mass is 10.1. The highest BCUT2D eigenvalue weighted by molar-refractivity contribution is 5.49. The van der Waals surface area contributed by atoms with Gasteiger partial charge in [0.05, 0.1) is 19.6 Å². The highest BCUT2D eigenvalue weighted by atomic mass is 16.5. The van der Waals surface area contributed by atoms with Crippen molar-refractivity contribution >= 4 is 5.69 Å². The molecule has 1 N–H and O–H groups in total. The van der Waals surface area contributed by atoms with Gasteiger partial charge in [0.2, 0.25) is 0 Å². The van der Waals surface area contributed by atoms with E-state index in [1.807, 2.05) is 12.1 Å². The third-order valence-corrected chi connectivity index (χ3v) is 3.50. The number of nitrogens with zero attached hydrogens (tertiary/aromatic N) is 2. The summed E-state index contributed by atoms with van der Waals surface area (Å²) in [5.41, 5.74) is 1.19. The van der Waals surface area contributed by atoms with Gasteiger partial charge in [0.25, 0.3) is 0 Å². The van der Waals surface area contributed by atoms with Crippen molar-refractivity contribution in [1.29, 1.82) is 5.26 Å². The molecule has 1 aromatic carbocycles. The van der Waals surface area contributed by atoms with Crippen LogP contribution in [0.1, 0.15) is 13.3 Å². The fourth-order valence-corrected chi connectivity index (χ4v) is 2.46. The first-order valence-electron chi connectivity index (χ1n) is 6.72. The van der Waals surface area contributed by atoms with Crippen LogP contribution in [-0.4, -0.2) is 32.8 Å². The summed E-state index contributed by atoms with van der Waals surface area (Å²) in [4.78, 5) is 2.35. The van der Waals surface area contributed by atoms with Crippen LogP contribution in [0.2, 0.25) is 0 Å². The molecule has 1 aromatic rings. The van der Waals surface area contributed by atoms with Gasteiger partial charge in [0.15, 0.2) is 0 Å². The van der Waals surface area contributed by atoms with Crippen molar-refractivity contribution < 1.29 is 4.74 Å². The van der Waals surface area contributed by atoms with E-state index >= 15 is 0 Å². The second-order valence-corrected chi connectivity index (χ2v) is 5.18. The van der Waals surface area contributed by atoms with Gasteiger partial charge in [-0.3, -0.25) is 0 Å². The SMILES string of the molecule is COc1ccc(N2CC(C)CNC(CC#N)C2)cc1. The Morgan fingerprint density at radius 1 is 1.37 bits per heavy atom. The van der Waals surface area contributed by atoms with Crippen molar-refractivity contribution in [1.82, 2.24) is 5.32 Å².